The summed E-state index contributed by atoms with van der Waals surface area (Å²) < 4.78 is 0. The van der Waals surface area contributed by atoms with Gasteiger partial charge in [-0.1, -0.05) is 0 Å². The average molecular weight is 255 g/mol. The molecule has 0 aromatic rings. The summed E-state index contributed by atoms with van der Waals surface area (Å²) in [6.07, 6.45) is 4.66. The molecular weight excluding hydrogens is 234 g/mol. The molecule has 3 N–H and O–H groups in total. The number of aliphatic hydroxyl groups excluding tert-OH is 1. The first-order chi connectivity index (χ1) is 8.56. The first-order valence-corrected chi connectivity index (χ1v) is 6.77. The first kappa shape index (κ1) is 13.3. The zero-order valence-corrected chi connectivity index (χ0v) is 10.5. The molecule has 0 saturated heterocycles. The van der Waals surface area contributed by atoms with Crippen LogP contribution < -0.4 is 5.32 Å². The molecule has 0 bridgehead atoms. The molecule has 0 radical (unpaired) electrons. The number of nitrogens with one attached hydrogen (secondary N) is 1. The van der Waals surface area contributed by atoms with Crippen LogP contribution in [-0.4, -0.2) is 34.2 Å². The molecule has 1 amide bonds. The summed E-state index contributed by atoms with van der Waals surface area (Å²) in [4.78, 5) is 22.8. The maximum atomic E-state index is 12.0. The summed E-state index contributed by atoms with van der Waals surface area (Å²) >= 11 is 0. The monoisotopic (exact) mass is 255 g/mol. The summed E-state index contributed by atoms with van der Waals surface area (Å²) in [6, 6.07) is 0.157. The Labute approximate surface area is 107 Å². The minimum absolute atomic E-state index is 0.000129. The Morgan fingerprint density at radius 3 is 2.11 bits per heavy atom. The van der Waals surface area contributed by atoms with Crippen LogP contribution in [0, 0.1) is 11.8 Å². The van der Waals surface area contributed by atoms with Crippen LogP contribution in [0.1, 0.15) is 44.9 Å². The number of hydrogen-bond acceptors (Lipinski definition) is 3. The lowest BCUT2D eigenvalue weighted by atomic mass is 9.92. The predicted octanol–water partition coefficient (Wildman–Crippen LogP) is 0.907. The smallest absolute Gasteiger partial charge is 0.306 e. The topological polar surface area (TPSA) is 86.6 Å². The molecule has 2 fully saturated rings. The number of carboxylic acids is 1. The molecule has 0 aromatic heterocycles. The lowest BCUT2D eigenvalue weighted by molar-refractivity contribution is -0.141. The number of aliphatic hydroxyl groups is 1. The second-order valence-corrected chi connectivity index (χ2v) is 5.56. The molecule has 2 aliphatic carbocycles. The number of rotatable bonds is 3. The fraction of sp³-hybridized carbons (Fsp3) is 0.846. The lowest BCUT2D eigenvalue weighted by Crippen LogP contribution is -2.41. The Morgan fingerprint density at radius 1 is 0.944 bits per heavy atom. The second-order valence-electron chi connectivity index (χ2n) is 5.56. The van der Waals surface area contributed by atoms with Crippen molar-refractivity contribution in [2.24, 2.45) is 11.8 Å². The zero-order valence-electron chi connectivity index (χ0n) is 10.5. The Morgan fingerprint density at radius 2 is 1.56 bits per heavy atom. The van der Waals surface area contributed by atoms with E-state index in [0.717, 1.165) is 25.7 Å². The summed E-state index contributed by atoms with van der Waals surface area (Å²) in [7, 11) is 0. The van der Waals surface area contributed by atoms with Gasteiger partial charge in [-0.25, -0.2) is 0 Å². The van der Waals surface area contributed by atoms with E-state index in [0.29, 0.717) is 19.3 Å². The molecule has 5 nitrogen and oxygen atoms in total. The molecule has 0 aromatic carbocycles. The van der Waals surface area contributed by atoms with Gasteiger partial charge in [-0.05, 0) is 44.9 Å². The molecule has 2 saturated carbocycles. The molecule has 0 aliphatic heterocycles. The third kappa shape index (κ3) is 3.22. The normalized spacial score (nSPS) is 36.3. The molecule has 18 heavy (non-hydrogen) atoms. The van der Waals surface area contributed by atoms with Gasteiger partial charge in [0.15, 0.2) is 0 Å². The number of carbonyl (C=O) groups excluding carboxylic acids is 1. The highest BCUT2D eigenvalue weighted by Crippen LogP contribution is 2.31. The molecule has 0 spiro atoms. The molecule has 0 unspecified atom stereocenters. The molecule has 0 heterocycles. The van der Waals surface area contributed by atoms with Crippen LogP contribution in [0.25, 0.3) is 0 Å². The lowest BCUT2D eigenvalue weighted by Gasteiger charge is -2.27. The van der Waals surface area contributed by atoms with Crippen LogP contribution in [0.4, 0.5) is 0 Å². The quantitative estimate of drug-likeness (QED) is 0.699. The van der Waals surface area contributed by atoms with Crippen LogP contribution in [0.2, 0.25) is 0 Å². The van der Waals surface area contributed by atoms with Gasteiger partial charge in [0.2, 0.25) is 5.91 Å². The maximum Gasteiger partial charge on any atom is 0.306 e. The fourth-order valence-electron chi connectivity index (χ4n) is 2.98. The van der Waals surface area contributed by atoms with E-state index < -0.39 is 5.97 Å². The van der Waals surface area contributed by atoms with Gasteiger partial charge in [0, 0.05) is 12.0 Å². The number of aliphatic carboxylic acids is 1. The third-order valence-corrected chi connectivity index (χ3v) is 4.20. The van der Waals surface area contributed by atoms with E-state index in [1.54, 1.807) is 0 Å². The van der Waals surface area contributed by atoms with Crippen LogP contribution in [-0.2, 0) is 9.59 Å². The van der Waals surface area contributed by atoms with Crippen LogP contribution in [0.5, 0.6) is 0 Å². The van der Waals surface area contributed by atoms with E-state index in [4.69, 9.17) is 5.11 Å². The molecular formula is C13H21NO4. The highest BCUT2D eigenvalue weighted by atomic mass is 16.4. The van der Waals surface area contributed by atoms with Gasteiger partial charge < -0.3 is 15.5 Å². The number of carboxylic acid groups (broad SMARTS) is 1. The Bertz CT molecular complexity index is 323. The van der Waals surface area contributed by atoms with Gasteiger partial charge in [0.25, 0.3) is 0 Å². The van der Waals surface area contributed by atoms with E-state index in [1.807, 2.05) is 0 Å². The predicted molar refractivity (Wildman–Crippen MR) is 64.9 cm³/mol. The van der Waals surface area contributed by atoms with Crippen molar-refractivity contribution in [1.82, 2.24) is 5.32 Å². The van der Waals surface area contributed by atoms with Gasteiger partial charge in [0.05, 0.1) is 12.0 Å². The minimum Gasteiger partial charge on any atom is -0.481 e. The van der Waals surface area contributed by atoms with Crippen molar-refractivity contribution in [1.29, 1.82) is 0 Å². The van der Waals surface area contributed by atoms with Crippen LogP contribution in [0.15, 0.2) is 0 Å². The summed E-state index contributed by atoms with van der Waals surface area (Å²) in [5, 5.41) is 21.3. The van der Waals surface area contributed by atoms with Gasteiger partial charge in [-0.2, -0.15) is 0 Å². The highest BCUT2D eigenvalue weighted by Gasteiger charge is 2.34. The molecule has 2 rings (SSSR count). The van der Waals surface area contributed by atoms with Crippen molar-refractivity contribution < 1.29 is 19.8 Å². The van der Waals surface area contributed by atoms with Crippen molar-refractivity contribution in [2.75, 3.05) is 0 Å². The second kappa shape index (κ2) is 5.69. The Balaban J connectivity index is 1.77. The van der Waals surface area contributed by atoms with Crippen molar-refractivity contribution in [3.05, 3.63) is 0 Å². The Kier molecular flexibility index (Phi) is 4.22. The highest BCUT2D eigenvalue weighted by molar-refractivity contribution is 5.81. The van der Waals surface area contributed by atoms with E-state index in [1.165, 1.54) is 0 Å². The van der Waals surface area contributed by atoms with E-state index in [9.17, 15) is 14.7 Å². The van der Waals surface area contributed by atoms with E-state index in [-0.39, 0.29) is 29.9 Å². The number of carbonyl (C=O) groups is 2. The van der Waals surface area contributed by atoms with Gasteiger partial charge in [-0.15, -0.1) is 0 Å². The van der Waals surface area contributed by atoms with Crippen LogP contribution in [0.3, 0.4) is 0 Å². The fourth-order valence-corrected chi connectivity index (χ4v) is 2.98. The average Bonchev–Trinajstić information content (AvgIpc) is 2.81. The molecule has 2 aliphatic rings. The largest absolute Gasteiger partial charge is 0.481 e. The molecule has 2 atom stereocenters. The number of hydrogen-bond donors (Lipinski definition) is 3. The van der Waals surface area contributed by atoms with Crippen molar-refractivity contribution in [3.63, 3.8) is 0 Å². The minimum atomic E-state index is -0.786. The standard InChI is InChI=1S/C13H21NO4/c15-11-5-3-10(4-6-11)14-12(16)8-1-2-9(7-8)13(17)18/h8-11,15H,1-7H2,(H,14,16)(H,17,18)/t8-,9+,10?,11?/m1/s1. The van der Waals surface area contributed by atoms with Crippen molar-refractivity contribution in [3.8, 4) is 0 Å². The summed E-state index contributed by atoms with van der Waals surface area (Å²) in [5.41, 5.74) is 0. The van der Waals surface area contributed by atoms with Crippen molar-refractivity contribution in [2.45, 2.75) is 57.1 Å². The van der Waals surface area contributed by atoms with Gasteiger partial charge in [-0.3, -0.25) is 9.59 Å². The van der Waals surface area contributed by atoms with Crippen LogP contribution >= 0.6 is 0 Å². The maximum absolute atomic E-state index is 12.0. The summed E-state index contributed by atoms with van der Waals surface area (Å²) in [5.74, 6) is -1.28. The van der Waals surface area contributed by atoms with Gasteiger partial charge in [0.1, 0.15) is 0 Å². The van der Waals surface area contributed by atoms with E-state index in [2.05, 4.69) is 5.32 Å². The number of amides is 1. The summed E-state index contributed by atoms with van der Waals surface area (Å²) in [6.45, 7) is 0. The zero-order chi connectivity index (χ0) is 13.1. The third-order valence-electron chi connectivity index (χ3n) is 4.20. The van der Waals surface area contributed by atoms with E-state index >= 15 is 0 Å². The Hall–Kier alpha value is -1.10. The van der Waals surface area contributed by atoms with Crippen molar-refractivity contribution >= 4 is 11.9 Å². The SMILES string of the molecule is O=C(O)[C@H]1CC[C@@H](C(=O)NC2CCC(O)CC2)C1. The first-order valence-electron chi connectivity index (χ1n) is 6.77. The molecule has 102 valence electrons. The molecule has 5 heteroatoms. The van der Waals surface area contributed by atoms with Gasteiger partial charge >= 0.3 is 5.97 Å².